The fraction of sp³-hybridized carbons (Fsp3) is 0.444. The van der Waals surface area contributed by atoms with Gasteiger partial charge in [0.15, 0.2) is 5.76 Å². The van der Waals surface area contributed by atoms with Crippen molar-refractivity contribution in [3.8, 4) is 0 Å². The minimum atomic E-state index is -0.999. The molecule has 1 amide bonds. The van der Waals surface area contributed by atoms with Gasteiger partial charge in [0, 0.05) is 4.88 Å². The maximum absolute atomic E-state index is 12.4. The van der Waals surface area contributed by atoms with Crippen molar-refractivity contribution in [1.82, 2.24) is 5.32 Å². The highest BCUT2D eigenvalue weighted by atomic mass is 32.1. The fourth-order valence-corrected chi connectivity index (χ4v) is 4.37. The SMILES string of the molecule is CNCc1ccc(C(=O)Nc2sc3c(c2C(=O)O)CC(C)(C)CC3)o1. The normalized spacial score (nSPS) is 15.6. The Balaban J connectivity index is 1.88. The predicted molar refractivity (Wildman–Crippen MR) is 96.5 cm³/mol. The summed E-state index contributed by atoms with van der Waals surface area (Å²) in [6, 6.07) is 3.32. The summed E-state index contributed by atoms with van der Waals surface area (Å²) in [6.45, 7) is 4.81. The summed E-state index contributed by atoms with van der Waals surface area (Å²) in [4.78, 5) is 25.3. The fourth-order valence-electron chi connectivity index (χ4n) is 3.17. The second-order valence-electron chi connectivity index (χ2n) is 7.10. The first-order chi connectivity index (χ1) is 11.8. The van der Waals surface area contributed by atoms with E-state index >= 15 is 0 Å². The highest BCUT2D eigenvalue weighted by Crippen LogP contribution is 2.43. The molecule has 0 atom stereocenters. The zero-order chi connectivity index (χ0) is 18.2. The summed E-state index contributed by atoms with van der Waals surface area (Å²) in [7, 11) is 1.79. The molecule has 0 saturated heterocycles. The molecule has 0 aliphatic heterocycles. The van der Waals surface area contributed by atoms with Gasteiger partial charge in [-0.2, -0.15) is 0 Å². The molecule has 2 aromatic heterocycles. The van der Waals surface area contributed by atoms with Crippen LogP contribution in [0.4, 0.5) is 5.00 Å². The summed E-state index contributed by atoms with van der Waals surface area (Å²) in [5, 5.41) is 15.7. The number of carbonyl (C=O) groups excluding carboxylic acids is 1. The van der Waals surface area contributed by atoms with E-state index in [2.05, 4.69) is 24.5 Å². The van der Waals surface area contributed by atoms with Crippen LogP contribution in [0.3, 0.4) is 0 Å². The van der Waals surface area contributed by atoms with Gasteiger partial charge in [0.25, 0.3) is 5.91 Å². The number of carboxylic acids is 1. The summed E-state index contributed by atoms with van der Waals surface area (Å²) in [5.41, 5.74) is 1.16. The first-order valence-corrected chi connectivity index (χ1v) is 9.05. The van der Waals surface area contributed by atoms with Crippen molar-refractivity contribution < 1.29 is 19.1 Å². The third kappa shape index (κ3) is 3.62. The van der Waals surface area contributed by atoms with Crippen molar-refractivity contribution in [3.05, 3.63) is 39.7 Å². The van der Waals surface area contributed by atoms with Crippen LogP contribution in [0.25, 0.3) is 0 Å². The van der Waals surface area contributed by atoms with Crippen molar-refractivity contribution in [2.45, 2.75) is 39.7 Å². The van der Waals surface area contributed by atoms with E-state index in [1.54, 1.807) is 19.2 Å². The number of nitrogens with one attached hydrogen (secondary N) is 2. The summed E-state index contributed by atoms with van der Waals surface area (Å²) in [5.74, 6) is -0.602. The first-order valence-electron chi connectivity index (χ1n) is 8.23. The average molecular weight is 362 g/mol. The van der Waals surface area contributed by atoms with Gasteiger partial charge < -0.3 is 20.2 Å². The van der Waals surface area contributed by atoms with Crippen LogP contribution in [-0.2, 0) is 19.4 Å². The lowest BCUT2D eigenvalue weighted by molar-refractivity contribution is 0.0696. The van der Waals surface area contributed by atoms with Crippen LogP contribution in [0.1, 0.15) is 57.4 Å². The van der Waals surface area contributed by atoms with Crippen molar-refractivity contribution in [1.29, 1.82) is 0 Å². The molecule has 2 heterocycles. The number of carboxylic acid groups (broad SMARTS) is 1. The molecular weight excluding hydrogens is 340 g/mol. The number of amides is 1. The molecule has 7 heteroatoms. The Morgan fingerprint density at radius 2 is 2.12 bits per heavy atom. The topological polar surface area (TPSA) is 91.6 Å². The molecule has 0 saturated carbocycles. The number of aromatic carboxylic acids is 1. The Morgan fingerprint density at radius 3 is 2.80 bits per heavy atom. The Kier molecular flexibility index (Phi) is 4.71. The van der Waals surface area contributed by atoms with Gasteiger partial charge in [0.1, 0.15) is 10.8 Å². The van der Waals surface area contributed by atoms with Crippen LogP contribution in [0.2, 0.25) is 0 Å². The summed E-state index contributed by atoms with van der Waals surface area (Å²) < 4.78 is 5.48. The molecule has 25 heavy (non-hydrogen) atoms. The summed E-state index contributed by atoms with van der Waals surface area (Å²) >= 11 is 1.36. The third-order valence-electron chi connectivity index (χ3n) is 4.45. The van der Waals surface area contributed by atoms with Gasteiger partial charge in [0.05, 0.1) is 12.1 Å². The minimum Gasteiger partial charge on any atom is -0.478 e. The van der Waals surface area contributed by atoms with Gasteiger partial charge in [0.2, 0.25) is 0 Å². The lowest BCUT2D eigenvalue weighted by Crippen LogP contribution is -2.22. The van der Waals surface area contributed by atoms with Crippen LogP contribution in [0.5, 0.6) is 0 Å². The van der Waals surface area contributed by atoms with Gasteiger partial charge in [-0.15, -0.1) is 11.3 Å². The molecule has 0 radical (unpaired) electrons. The van der Waals surface area contributed by atoms with Gasteiger partial charge in [-0.05, 0) is 49.4 Å². The number of thiophene rings is 1. The molecule has 1 aliphatic rings. The van der Waals surface area contributed by atoms with Crippen molar-refractivity contribution in [3.63, 3.8) is 0 Å². The van der Waals surface area contributed by atoms with Crippen LogP contribution >= 0.6 is 11.3 Å². The van der Waals surface area contributed by atoms with E-state index in [4.69, 9.17) is 4.42 Å². The van der Waals surface area contributed by atoms with Gasteiger partial charge in [-0.3, -0.25) is 4.79 Å². The van der Waals surface area contributed by atoms with Crippen LogP contribution in [-0.4, -0.2) is 24.0 Å². The molecule has 0 fully saturated rings. The van der Waals surface area contributed by atoms with E-state index in [-0.39, 0.29) is 16.7 Å². The van der Waals surface area contributed by atoms with Crippen molar-refractivity contribution >= 4 is 28.2 Å². The zero-order valence-corrected chi connectivity index (χ0v) is 15.4. The van der Waals surface area contributed by atoms with Crippen molar-refractivity contribution in [2.75, 3.05) is 12.4 Å². The Labute approximate surface area is 150 Å². The molecule has 3 rings (SSSR count). The Morgan fingerprint density at radius 1 is 1.36 bits per heavy atom. The largest absolute Gasteiger partial charge is 0.478 e. The molecule has 2 aromatic rings. The number of hydrogen-bond donors (Lipinski definition) is 3. The van der Waals surface area contributed by atoms with Crippen LogP contribution in [0.15, 0.2) is 16.5 Å². The van der Waals surface area contributed by atoms with Crippen LogP contribution in [0, 0.1) is 5.41 Å². The third-order valence-corrected chi connectivity index (χ3v) is 5.66. The molecule has 0 spiro atoms. The molecule has 0 aromatic carbocycles. The van der Waals surface area contributed by atoms with Gasteiger partial charge in [-0.1, -0.05) is 13.8 Å². The number of rotatable bonds is 5. The first kappa shape index (κ1) is 17.7. The highest BCUT2D eigenvalue weighted by molar-refractivity contribution is 7.17. The molecule has 0 unspecified atom stereocenters. The number of fused-ring (bicyclic) bond motifs is 1. The van der Waals surface area contributed by atoms with E-state index in [0.29, 0.717) is 23.7 Å². The van der Waals surface area contributed by atoms with E-state index in [9.17, 15) is 14.7 Å². The molecule has 1 aliphatic carbocycles. The van der Waals surface area contributed by atoms with Gasteiger partial charge in [-0.25, -0.2) is 4.79 Å². The van der Waals surface area contributed by atoms with Crippen molar-refractivity contribution in [2.24, 2.45) is 5.41 Å². The molecule has 0 bridgehead atoms. The minimum absolute atomic E-state index is 0.0720. The second-order valence-corrected chi connectivity index (χ2v) is 8.21. The quantitative estimate of drug-likeness (QED) is 0.757. The number of carbonyl (C=O) groups is 2. The Bertz CT molecular complexity index is 819. The molecular formula is C18H22N2O4S. The average Bonchev–Trinajstić information content (AvgIpc) is 3.10. The Hall–Kier alpha value is -2.12. The zero-order valence-electron chi connectivity index (χ0n) is 14.6. The number of aryl methyl sites for hydroxylation is 1. The second kappa shape index (κ2) is 6.65. The van der Waals surface area contributed by atoms with Gasteiger partial charge >= 0.3 is 5.97 Å². The molecule has 6 nitrogen and oxygen atoms in total. The number of furan rings is 1. The van der Waals surface area contributed by atoms with E-state index < -0.39 is 11.9 Å². The van der Waals surface area contributed by atoms with E-state index in [1.165, 1.54) is 11.3 Å². The predicted octanol–water partition coefficient (Wildman–Crippen LogP) is 3.53. The van der Waals surface area contributed by atoms with E-state index in [0.717, 1.165) is 23.3 Å². The molecule has 3 N–H and O–H groups in total. The van der Waals surface area contributed by atoms with E-state index in [1.807, 2.05) is 0 Å². The number of anilines is 1. The number of hydrogen-bond acceptors (Lipinski definition) is 5. The lowest BCUT2D eigenvalue weighted by Gasteiger charge is -2.29. The smallest absolute Gasteiger partial charge is 0.339 e. The maximum Gasteiger partial charge on any atom is 0.339 e. The lowest BCUT2D eigenvalue weighted by atomic mass is 9.76. The van der Waals surface area contributed by atoms with Crippen LogP contribution < -0.4 is 10.6 Å². The highest BCUT2D eigenvalue weighted by Gasteiger charge is 2.33. The monoisotopic (exact) mass is 362 g/mol. The summed E-state index contributed by atoms with van der Waals surface area (Å²) in [6.07, 6.45) is 2.57. The maximum atomic E-state index is 12.4. The molecule has 134 valence electrons. The standard InChI is InChI=1S/C18H22N2O4S/c1-18(2)7-6-13-11(8-18)14(17(22)23)16(25-13)20-15(21)12-5-4-10(24-12)9-19-3/h4-5,19H,6-9H2,1-3H3,(H,20,21)(H,22,23).